The molecule has 1 aromatic heterocycles. The van der Waals surface area contributed by atoms with Crippen molar-refractivity contribution in [2.24, 2.45) is 0 Å². The SMILES string of the molecule is CC(C)c1cc(N)c2cc3c(cc2n1)OCCCO3. The van der Waals surface area contributed by atoms with Gasteiger partial charge in [0.15, 0.2) is 11.5 Å². The van der Waals surface area contributed by atoms with Crippen LogP contribution in [0.15, 0.2) is 18.2 Å². The number of benzene rings is 1. The van der Waals surface area contributed by atoms with Crippen molar-refractivity contribution in [3.8, 4) is 11.5 Å². The molecule has 4 heteroatoms. The molecule has 1 aliphatic heterocycles. The summed E-state index contributed by atoms with van der Waals surface area (Å²) in [5.74, 6) is 1.87. The smallest absolute Gasteiger partial charge is 0.163 e. The maximum absolute atomic E-state index is 6.13. The van der Waals surface area contributed by atoms with Crippen molar-refractivity contribution < 1.29 is 9.47 Å². The van der Waals surface area contributed by atoms with Crippen molar-refractivity contribution in [1.82, 2.24) is 4.98 Å². The summed E-state index contributed by atoms with van der Waals surface area (Å²) in [6.07, 6.45) is 0.894. The van der Waals surface area contributed by atoms with Crippen molar-refractivity contribution in [2.75, 3.05) is 18.9 Å². The van der Waals surface area contributed by atoms with Crippen LogP contribution in [0.1, 0.15) is 31.9 Å². The molecule has 0 bridgehead atoms. The van der Waals surface area contributed by atoms with E-state index >= 15 is 0 Å². The van der Waals surface area contributed by atoms with Crippen LogP contribution in [0.5, 0.6) is 11.5 Å². The Bertz CT molecular complexity index is 623. The van der Waals surface area contributed by atoms with Crippen molar-refractivity contribution in [2.45, 2.75) is 26.2 Å². The van der Waals surface area contributed by atoms with E-state index in [1.165, 1.54) is 0 Å². The van der Waals surface area contributed by atoms with Gasteiger partial charge in [-0.05, 0) is 18.1 Å². The Labute approximate surface area is 112 Å². The zero-order chi connectivity index (χ0) is 13.4. The van der Waals surface area contributed by atoms with Gasteiger partial charge in [-0.1, -0.05) is 13.8 Å². The number of hydrogen-bond donors (Lipinski definition) is 1. The van der Waals surface area contributed by atoms with E-state index in [0.29, 0.717) is 19.1 Å². The number of anilines is 1. The summed E-state index contributed by atoms with van der Waals surface area (Å²) < 4.78 is 11.4. The molecule has 0 saturated carbocycles. The summed E-state index contributed by atoms with van der Waals surface area (Å²) in [6.45, 7) is 5.57. The normalized spacial score (nSPS) is 14.7. The molecular weight excluding hydrogens is 240 g/mol. The van der Waals surface area contributed by atoms with E-state index in [-0.39, 0.29) is 0 Å². The maximum Gasteiger partial charge on any atom is 0.163 e. The number of pyridine rings is 1. The van der Waals surface area contributed by atoms with Gasteiger partial charge in [-0.25, -0.2) is 0 Å². The predicted molar refractivity (Wildman–Crippen MR) is 75.9 cm³/mol. The van der Waals surface area contributed by atoms with Gasteiger partial charge in [0, 0.05) is 29.3 Å². The minimum absolute atomic E-state index is 0.350. The average Bonchev–Trinajstić information content (AvgIpc) is 2.61. The number of nitrogen functional groups attached to an aromatic ring is 1. The molecule has 2 aromatic rings. The van der Waals surface area contributed by atoms with Gasteiger partial charge in [-0.3, -0.25) is 4.98 Å². The Morgan fingerprint density at radius 2 is 1.79 bits per heavy atom. The van der Waals surface area contributed by atoms with Gasteiger partial charge in [-0.2, -0.15) is 0 Å². The third kappa shape index (κ3) is 2.18. The zero-order valence-corrected chi connectivity index (χ0v) is 11.3. The highest BCUT2D eigenvalue weighted by Crippen LogP contribution is 2.36. The monoisotopic (exact) mass is 258 g/mol. The molecular formula is C15H18N2O2. The molecule has 0 radical (unpaired) electrons. The van der Waals surface area contributed by atoms with Crippen molar-refractivity contribution in [3.63, 3.8) is 0 Å². The van der Waals surface area contributed by atoms with Crippen LogP contribution >= 0.6 is 0 Å². The van der Waals surface area contributed by atoms with E-state index in [0.717, 1.165) is 40.2 Å². The lowest BCUT2D eigenvalue weighted by atomic mass is 10.1. The highest BCUT2D eigenvalue weighted by molar-refractivity contribution is 5.92. The van der Waals surface area contributed by atoms with Gasteiger partial charge >= 0.3 is 0 Å². The van der Waals surface area contributed by atoms with E-state index in [2.05, 4.69) is 18.8 Å². The van der Waals surface area contributed by atoms with Crippen LogP contribution in [0.3, 0.4) is 0 Å². The molecule has 1 aliphatic rings. The van der Waals surface area contributed by atoms with Crippen molar-refractivity contribution in [1.29, 1.82) is 0 Å². The fourth-order valence-electron chi connectivity index (χ4n) is 2.23. The number of ether oxygens (including phenoxy) is 2. The largest absolute Gasteiger partial charge is 0.490 e. The molecule has 100 valence electrons. The van der Waals surface area contributed by atoms with Gasteiger partial charge < -0.3 is 15.2 Å². The Kier molecular flexibility index (Phi) is 2.93. The second kappa shape index (κ2) is 4.61. The van der Waals surface area contributed by atoms with E-state index < -0.39 is 0 Å². The summed E-state index contributed by atoms with van der Waals surface area (Å²) in [5, 5.41) is 0.925. The standard InChI is InChI=1S/C15H18N2O2/c1-9(2)12-7-11(16)10-6-14-15(8-13(10)17-12)19-5-3-4-18-14/h6-9H,3-5H2,1-2H3,(H2,16,17). The van der Waals surface area contributed by atoms with Gasteiger partial charge in [0.2, 0.25) is 0 Å². The van der Waals surface area contributed by atoms with Gasteiger partial charge in [0.05, 0.1) is 18.7 Å². The molecule has 0 amide bonds. The van der Waals surface area contributed by atoms with Crippen LogP contribution in [-0.2, 0) is 0 Å². The van der Waals surface area contributed by atoms with Crippen LogP contribution in [-0.4, -0.2) is 18.2 Å². The quantitative estimate of drug-likeness (QED) is 0.854. The number of fused-ring (bicyclic) bond motifs is 2. The highest BCUT2D eigenvalue weighted by atomic mass is 16.5. The maximum atomic E-state index is 6.13. The third-order valence-corrected chi connectivity index (χ3v) is 3.32. The molecule has 0 fully saturated rings. The van der Waals surface area contributed by atoms with Crippen LogP contribution in [0.4, 0.5) is 5.69 Å². The second-order valence-electron chi connectivity index (χ2n) is 5.16. The molecule has 2 heterocycles. The van der Waals surface area contributed by atoms with E-state index in [1.807, 2.05) is 18.2 Å². The highest BCUT2D eigenvalue weighted by Gasteiger charge is 2.14. The molecule has 0 aliphatic carbocycles. The molecule has 0 unspecified atom stereocenters. The Morgan fingerprint density at radius 1 is 1.11 bits per heavy atom. The molecule has 4 nitrogen and oxygen atoms in total. The van der Waals surface area contributed by atoms with Gasteiger partial charge in [0.25, 0.3) is 0 Å². The first-order chi connectivity index (χ1) is 9.15. The molecule has 2 N–H and O–H groups in total. The van der Waals surface area contributed by atoms with Crippen molar-refractivity contribution >= 4 is 16.6 Å². The fourth-order valence-corrected chi connectivity index (χ4v) is 2.23. The average molecular weight is 258 g/mol. The lowest BCUT2D eigenvalue weighted by Gasteiger charge is -2.12. The second-order valence-corrected chi connectivity index (χ2v) is 5.16. The molecule has 19 heavy (non-hydrogen) atoms. The topological polar surface area (TPSA) is 57.4 Å². The van der Waals surface area contributed by atoms with Crippen molar-refractivity contribution in [3.05, 3.63) is 23.9 Å². The zero-order valence-electron chi connectivity index (χ0n) is 11.3. The van der Waals surface area contributed by atoms with E-state index in [1.54, 1.807) is 0 Å². The molecule has 0 atom stereocenters. The predicted octanol–water partition coefficient (Wildman–Crippen LogP) is 3.10. The number of aromatic nitrogens is 1. The number of nitrogens with two attached hydrogens (primary N) is 1. The number of nitrogens with zero attached hydrogens (tertiary/aromatic N) is 1. The summed E-state index contributed by atoms with van der Waals surface area (Å²) in [7, 11) is 0. The van der Waals surface area contributed by atoms with E-state index in [4.69, 9.17) is 15.2 Å². The van der Waals surface area contributed by atoms with Crippen LogP contribution in [0, 0.1) is 0 Å². The molecule has 0 spiro atoms. The fraction of sp³-hybridized carbons (Fsp3) is 0.400. The first kappa shape index (κ1) is 12.1. The Balaban J connectivity index is 2.20. The number of hydrogen-bond acceptors (Lipinski definition) is 4. The summed E-state index contributed by atoms with van der Waals surface area (Å²) >= 11 is 0. The third-order valence-electron chi connectivity index (χ3n) is 3.32. The van der Waals surface area contributed by atoms with Gasteiger partial charge in [-0.15, -0.1) is 0 Å². The van der Waals surface area contributed by atoms with Gasteiger partial charge in [0.1, 0.15) is 0 Å². The van der Waals surface area contributed by atoms with Crippen LogP contribution in [0.25, 0.3) is 10.9 Å². The first-order valence-corrected chi connectivity index (χ1v) is 6.65. The Morgan fingerprint density at radius 3 is 2.47 bits per heavy atom. The summed E-state index contributed by atoms with van der Waals surface area (Å²) in [5.41, 5.74) is 8.74. The lowest BCUT2D eigenvalue weighted by molar-refractivity contribution is 0.297. The minimum Gasteiger partial charge on any atom is -0.490 e. The number of rotatable bonds is 1. The first-order valence-electron chi connectivity index (χ1n) is 6.65. The minimum atomic E-state index is 0.350. The van der Waals surface area contributed by atoms with Crippen LogP contribution < -0.4 is 15.2 Å². The van der Waals surface area contributed by atoms with E-state index in [9.17, 15) is 0 Å². The van der Waals surface area contributed by atoms with Crippen LogP contribution in [0.2, 0.25) is 0 Å². The molecule has 3 rings (SSSR count). The molecule has 0 saturated heterocycles. The lowest BCUT2D eigenvalue weighted by Crippen LogP contribution is -1.99. The summed E-state index contributed by atoms with van der Waals surface area (Å²) in [4.78, 5) is 4.66. The summed E-state index contributed by atoms with van der Waals surface area (Å²) in [6, 6.07) is 5.80. The Hall–Kier alpha value is -1.97. The molecule has 1 aromatic carbocycles.